The molecule has 6 heteroatoms. The largest absolute Gasteiger partial charge is 0.352 e. The number of carbonyl (C=O) groups excluding carboxylic acids is 1. The molecule has 0 bridgehead atoms. The molecule has 0 aliphatic carbocycles. The summed E-state index contributed by atoms with van der Waals surface area (Å²) >= 11 is 0. The number of amides is 1. The molecule has 0 saturated carbocycles. The number of aryl methyl sites for hydroxylation is 4. The normalized spacial score (nSPS) is 17.1. The van der Waals surface area contributed by atoms with E-state index in [0.717, 1.165) is 41.6 Å². The van der Waals surface area contributed by atoms with Gasteiger partial charge in [0.15, 0.2) is 0 Å². The van der Waals surface area contributed by atoms with Crippen LogP contribution in [0.4, 0.5) is 0 Å². The van der Waals surface area contributed by atoms with Crippen LogP contribution in [0.1, 0.15) is 35.0 Å². The van der Waals surface area contributed by atoms with E-state index >= 15 is 0 Å². The van der Waals surface area contributed by atoms with Gasteiger partial charge >= 0.3 is 0 Å². The Morgan fingerprint density at radius 1 is 1.32 bits per heavy atom. The van der Waals surface area contributed by atoms with Crippen molar-refractivity contribution in [2.45, 2.75) is 46.7 Å². The van der Waals surface area contributed by atoms with Crippen LogP contribution < -0.4 is 5.32 Å². The number of aromatic nitrogens is 4. The van der Waals surface area contributed by atoms with E-state index in [0.29, 0.717) is 13.0 Å². The summed E-state index contributed by atoms with van der Waals surface area (Å²) in [5, 5.41) is 3.04. The Balaban J connectivity index is 1.64. The SMILES string of the molecule is Cc1nc(C)c(CNC(=O)C2CCn3ccnc3C2)c(C)n1. The minimum absolute atomic E-state index is 0.00174. The van der Waals surface area contributed by atoms with E-state index in [9.17, 15) is 4.79 Å². The monoisotopic (exact) mass is 299 g/mol. The van der Waals surface area contributed by atoms with E-state index in [1.54, 1.807) is 6.20 Å². The molecule has 1 aliphatic rings. The maximum atomic E-state index is 12.4. The van der Waals surface area contributed by atoms with Crippen molar-refractivity contribution in [3.8, 4) is 0 Å². The molecule has 116 valence electrons. The van der Waals surface area contributed by atoms with E-state index in [-0.39, 0.29) is 11.8 Å². The molecule has 1 aliphatic heterocycles. The first-order chi connectivity index (χ1) is 10.5. The van der Waals surface area contributed by atoms with Crippen LogP contribution in [0.15, 0.2) is 12.4 Å². The Labute approximate surface area is 130 Å². The summed E-state index contributed by atoms with van der Waals surface area (Å²) in [5.41, 5.74) is 2.88. The lowest BCUT2D eigenvalue weighted by atomic mass is 9.96. The highest BCUT2D eigenvalue weighted by molar-refractivity contribution is 5.79. The third-order valence-corrected chi connectivity index (χ3v) is 4.29. The molecule has 2 aromatic rings. The van der Waals surface area contributed by atoms with Crippen LogP contribution in [0.3, 0.4) is 0 Å². The Kier molecular flexibility index (Phi) is 3.92. The van der Waals surface area contributed by atoms with Crippen LogP contribution in [-0.2, 0) is 24.3 Å². The quantitative estimate of drug-likeness (QED) is 0.931. The van der Waals surface area contributed by atoms with Crippen molar-refractivity contribution in [1.82, 2.24) is 24.8 Å². The van der Waals surface area contributed by atoms with Crippen molar-refractivity contribution in [3.63, 3.8) is 0 Å². The van der Waals surface area contributed by atoms with Gasteiger partial charge in [-0.15, -0.1) is 0 Å². The van der Waals surface area contributed by atoms with Gasteiger partial charge in [-0.2, -0.15) is 0 Å². The molecule has 2 aromatic heterocycles. The molecular formula is C16H21N5O. The fourth-order valence-corrected chi connectivity index (χ4v) is 3.06. The van der Waals surface area contributed by atoms with E-state index in [2.05, 4.69) is 24.8 Å². The second kappa shape index (κ2) is 5.87. The molecule has 6 nitrogen and oxygen atoms in total. The van der Waals surface area contributed by atoms with Crippen LogP contribution in [0.25, 0.3) is 0 Å². The van der Waals surface area contributed by atoms with E-state index in [4.69, 9.17) is 0 Å². The van der Waals surface area contributed by atoms with Gasteiger partial charge in [0.25, 0.3) is 0 Å². The van der Waals surface area contributed by atoms with Crippen molar-refractivity contribution in [1.29, 1.82) is 0 Å². The number of hydrogen-bond acceptors (Lipinski definition) is 4. The van der Waals surface area contributed by atoms with Gasteiger partial charge in [0.1, 0.15) is 11.6 Å². The molecule has 3 rings (SSSR count). The molecule has 1 N–H and O–H groups in total. The molecule has 22 heavy (non-hydrogen) atoms. The summed E-state index contributed by atoms with van der Waals surface area (Å²) in [6.07, 6.45) is 5.34. The minimum Gasteiger partial charge on any atom is -0.352 e. The summed E-state index contributed by atoms with van der Waals surface area (Å²) in [6, 6.07) is 0. The van der Waals surface area contributed by atoms with Gasteiger partial charge in [0.05, 0.1) is 0 Å². The van der Waals surface area contributed by atoms with Crippen LogP contribution in [0, 0.1) is 26.7 Å². The van der Waals surface area contributed by atoms with Gasteiger partial charge in [-0.1, -0.05) is 0 Å². The number of imidazole rings is 1. The van der Waals surface area contributed by atoms with Gasteiger partial charge in [-0.25, -0.2) is 15.0 Å². The van der Waals surface area contributed by atoms with Crippen molar-refractivity contribution in [3.05, 3.63) is 41.0 Å². The van der Waals surface area contributed by atoms with Crippen LogP contribution in [0.5, 0.6) is 0 Å². The molecule has 0 radical (unpaired) electrons. The van der Waals surface area contributed by atoms with E-state index < -0.39 is 0 Å². The smallest absolute Gasteiger partial charge is 0.223 e. The number of fused-ring (bicyclic) bond motifs is 1. The molecule has 1 amide bonds. The van der Waals surface area contributed by atoms with Crippen molar-refractivity contribution in [2.24, 2.45) is 5.92 Å². The molecule has 0 aromatic carbocycles. The highest BCUT2D eigenvalue weighted by Crippen LogP contribution is 2.19. The first kappa shape index (κ1) is 14.7. The van der Waals surface area contributed by atoms with Crippen molar-refractivity contribution in [2.75, 3.05) is 0 Å². The maximum Gasteiger partial charge on any atom is 0.223 e. The molecule has 1 atom stereocenters. The zero-order valence-electron chi connectivity index (χ0n) is 13.3. The summed E-state index contributed by atoms with van der Waals surface area (Å²) < 4.78 is 2.12. The second-order valence-electron chi connectivity index (χ2n) is 5.86. The molecule has 0 fully saturated rings. The topological polar surface area (TPSA) is 72.7 Å². The van der Waals surface area contributed by atoms with Gasteiger partial charge in [-0.05, 0) is 27.2 Å². The van der Waals surface area contributed by atoms with Gasteiger partial charge in [-0.3, -0.25) is 4.79 Å². The highest BCUT2D eigenvalue weighted by Gasteiger charge is 2.25. The van der Waals surface area contributed by atoms with Crippen molar-refractivity contribution >= 4 is 5.91 Å². The lowest BCUT2D eigenvalue weighted by Gasteiger charge is -2.22. The van der Waals surface area contributed by atoms with Crippen LogP contribution in [-0.4, -0.2) is 25.4 Å². The maximum absolute atomic E-state index is 12.4. The second-order valence-corrected chi connectivity index (χ2v) is 5.86. The number of nitrogens with one attached hydrogen (secondary N) is 1. The van der Waals surface area contributed by atoms with Gasteiger partial charge in [0.2, 0.25) is 5.91 Å². The number of hydrogen-bond donors (Lipinski definition) is 1. The Hall–Kier alpha value is -2.24. The third kappa shape index (κ3) is 2.86. The molecular weight excluding hydrogens is 278 g/mol. The molecule has 0 saturated heterocycles. The van der Waals surface area contributed by atoms with Crippen LogP contribution >= 0.6 is 0 Å². The predicted octanol–water partition coefficient (Wildman–Crippen LogP) is 1.48. The number of rotatable bonds is 3. The zero-order valence-corrected chi connectivity index (χ0v) is 13.3. The van der Waals surface area contributed by atoms with Crippen LogP contribution in [0.2, 0.25) is 0 Å². The van der Waals surface area contributed by atoms with E-state index in [1.807, 2.05) is 27.0 Å². The Morgan fingerprint density at radius 2 is 2.05 bits per heavy atom. The standard InChI is InChI=1S/C16H21N5O/c1-10-14(11(2)20-12(3)19-10)9-18-16(22)13-4-6-21-7-5-17-15(21)8-13/h5,7,13H,4,6,8-9H2,1-3H3,(H,18,22). The summed E-state index contributed by atoms with van der Waals surface area (Å²) in [5.74, 6) is 1.86. The van der Waals surface area contributed by atoms with E-state index in [1.165, 1.54) is 0 Å². The summed E-state index contributed by atoms with van der Waals surface area (Å²) in [6.45, 7) is 7.15. The zero-order chi connectivity index (χ0) is 15.7. The average Bonchev–Trinajstić information content (AvgIpc) is 2.93. The first-order valence-electron chi connectivity index (χ1n) is 7.63. The summed E-state index contributed by atoms with van der Waals surface area (Å²) in [7, 11) is 0. The third-order valence-electron chi connectivity index (χ3n) is 4.29. The average molecular weight is 299 g/mol. The molecule has 1 unspecified atom stereocenters. The molecule has 3 heterocycles. The Bertz CT molecular complexity index is 683. The summed E-state index contributed by atoms with van der Waals surface area (Å²) in [4.78, 5) is 25.5. The lowest BCUT2D eigenvalue weighted by Crippen LogP contribution is -2.35. The predicted molar refractivity (Wildman–Crippen MR) is 82.1 cm³/mol. The van der Waals surface area contributed by atoms with Gasteiger partial charge in [0, 0.05) is 54.8 Å². The molecule has 0 spiro atoms. The number of nitrogens with zero attached hydrogens (tertiary/aromatic N) is 4. The first-order valence-corrected chi connectivity index (χ1v) is 7.63. The fraction of sp³-hybridized carbons (Fsp3) is 0.500. The Morgan fingerprint density at radius 3 is 2.77 bits per heavy atom. The fourth-order valence-electron chi connectivity index (χ4n) is 3.06. The van der Waals surface area contributed by atoms with Crippen molar-refractivity contribution < 1.29 is 4.79 Å². The van der Waals surface area contributed by atoms with Gasteiger partial charge < -0.3 is 9.88 Å². The lowest BCUT2D eigenvalue weighted by molar-refractivity contribution is -0.125. The minimum atomic E-state index is 0.00174. The number of carbonyl (C=O) groups is 1. The highest BCUT2D eigenvalue weighted by atomic mass is 16.1.